The molecule has 0 saturated heterocycles. The van der Waals surface area contributed by atoms with Crippen LogP contribution in [-0.2, 0) is 17.5 Å². The molecule has 168 valence electrons. The van der Waals surface area contributed by atoms with Crippen LogP contribution in [0.3, 0.4) is 0 Å². The molecule has 3 rings (SSSR count). The van der Waals surface area contributed by atoms with Crippen LogP contribution in [0.1, 0.15) is 27.2 Å². The van der Waals surface area contributed by atoms with Crippen LogP contribution < -0.4 is 15.4 Å². The second kappa shape index (κ2) is 9.54. The Morgan fingerprint density at radius 1 is 1.06 bits per heavy atom. The number of hydrogen-bond donors (Lipinski definition) is 2. The summed E-state index contributed by atoms with van der Waals surface area (Å²) in [5.74, 6) is -0.926. The fourth-order valence-electron chi connectivity index (χ4n) is 3.03. The summed E-state index contributed by atoms with van der Waals surface area (Å²) in [6.45, 7) is 1.35. The van der Waals surface area contributed by atoms with E-state index in [0.29, 0.717) is 16.0 Å². The Hall–Kier alpha value is -3.82. The van der Waals surface area contributed by atoms with Crippen molar-refractivity contribution in [3.8, 4) is 11.4 Å². The van der Waals surface area contributed by atoms with Gasteiger partial charge in [-0.2, -0.15) is 18.3 Å². The molecule has 0 spiro atoms. The Kier molecular flexibility index (Phi) is 6.82. The second-order valence-electron chi connectivity index (χ2n) is 6.91. The van der Waals surface area contributed by atoms with E-state index < -0.39 is 35.8 Å². The number of alkyl halides is 3. The first-order valence-corrected chi connectivity index (χ1v) is 9.59. The van der Waals surface area contributed by atoms with E-state index in [-0.39, 0.29) is 12.2 Å². The third kappa shape index (κ3) is 5.26. The van der Waals surface area contributed by atoms with Gasteiger partial charge in [-0.25, -0.2) is 4.68 Å². The third-order valence-electron chi connectivity index (χ3n) is 4.68. The predicted molar refractivity (Wildman–Crippen MR) is 110 cm³/mol. The maximum atomic E-state index is 13.8. The summed E-state index contributed by atoms with van der Waals surface area (Å²) in [4.78, 5) is 24.5. The molecule has 1 heterocycles. The van der Waals surface area contributed by atoms with Gasteiger partial charge in [-0.1, -0.05) is 30.3 Å². The zero-order valence-electron chi connectivity index (χ0n) is 17.4. The molecular formula is C22H21F3N4O3. The number of halogens is 3. The highest BCUT2D eigenvalue weighted by molar-refractivity contribution is 5.97. The second-order valence-corrected chi connectivity index (χ2v) is 6.91. The number of para-hydroxylation sites is 1. The lowest BCUT2D eigenvalue weighted by molar-refractivity contribution is -0.143. The number of nitrogens with one attached hydrogen (secondary N) is 2. The minimum absolute atomic E-state index is 0.192. The van der Waals surface area contributed by atoms with Crippen molar-refractivity contribution in [2.45, 2.75) is 19.6 Å². The first-order chi connectivity index (χ1) is 15.2. The molecule has 2 aromatic carbocycles. The zero-order valence-corrected chi connectivity index (χ0v) is 17.4. The summed E-state index contributed by atoms with van der Waals surface area (Å²) in [6, 6.07) is 13.4. The van der Waals surface area contributed by atoms with E-state index >= 15 is 0 Å². The topological polar surface area (TPSA) is 85.2 Å². The number of methoxy groups -OCH3 is 1. The molecule has 0 bridgehead atoms. The van der Waals surface area contributed by atoms with E-state index in [1.54, 1.807) is 49.4 Å². The number of carbonyl (C=O) groups is 2. The molecule has 3 aromatic rings. The summed E-state index contributed by atoms with van der Waals surface area (Å²) >= 11 is 0. The van der Waals surface area contributed by atoms with Crippen molar-refractivity contribution in [3.63, 3.8) is 0 Å². The number of amides is 2. The van der Waals surface area contributed by atoms with Crippen LogP contribution in [0.2, 0.25) is 0 Å². The van der Waals surface area contributed by atoms with E-state index in [2.05, 4.69) is 15.7 Å². The molecular weight excluding hydrogens is 425 g/mol. The van der Waals surface area contributed by atoms with Gasteiger partial charge < -0.3 is 15.4 Å². The minimum atomic E-state index is -4.83. The molecule has 7 nitrogen and oxygen atoms in total. The number of rotatable bonds is 7. The molecule has 0 saturated carbocycles. The van der Waals surface area contributed by atoms with E-state index in [4.69, 9.17) is 4.74 Å². The van der Waals surface area contributed by atoms with Gasteiger partial charge in [-0.15, -0.1) is 0 Å². The molecule has 0 fully saturated rings. The van der Waals surface area contributed by atoms with Gasteiger partial charge in [-0.3, -0.25) is 9.59 Å². The summed E-state index contributed by atoms with van der Waals surface area (Å²) in [5, 5.41) is 8.59. The first-order valence-electron chi connectivity index (χ1n) is 9.59. The number of ether oxygens (including phenoxy) is 1. The van der Waals surface area contributed by atoms with Crippen LogP contribution in [0, 0.1) is 6.92 Å². The fraction of sp³-hybridized carbons (Fsp3) is 0.227. The van der Waals surface area contributed by atoms with Crippen LogP contribution in [0.5, 0.6) is 5.75 Å². The number of benzene rings is 2. The average molecular weight is 446 g/mol. The van der Waals surface area contributed by atoms with Gasteiger partial charge in [0.05, 0.1) is 31.1 Å². The predicted octanol–water partition coefficient (Wildman–Crippen LogP) is 3.25. The Morgan fingerprint density at radius 3 is 2.38 bits per heavy atom. The average Bonchev–Trinajstić information content (AvgIpc) is 3.22. The SMILES string of the molecule is COc1ccc(CNC(=O)CNC(=O)c2cnn(-c3ccccc3C)c2C(F)(F)F)cc1. The summed E-state index contributed by atoms with van der Waals surface area (Å²) in [5.41, 5.74) is -0.307. The lowest BCUT2D eigenvalue weighted by atomic mass is 10.1. The number of nitrogens with zero attached hydrogens (tertiary/aromatic N) is 2. The lowest BCUT2D eigenvalue weighted by Crippen LogP contribution is -2.37. The van der Waals surface area contributed by atoms with Crippen LogP contribution in [0.15, 0.2) is 54.7 Å². The molecule has 0 radical (unpaired) electrons. The Bertz CT molecular complexity index is 1110. The maximum absolute atomic E-state index is 13.8. The smallest absolute Gasteiger partial charge is 0.434 e. The van der Waals surface area contributed by atoms with E-state index in [1.165, 1.54) is 13.2 Å². The molecule has 0 aliphatic carbocycles. The van der Waals surface area contributed by atoms with Crippen molar-refractivity contribution in [2.24, 2.45) is 0 Å². The van der Waals surface area contributed by atoms with Crippen molar-refractivity contribution in [1.29, 1.82) is 0 Å². The normalized spacial score (nSPS) is 11.2. The van der Waals surface area contributed by atoms with Gasteiger partial charge in [-0.05, 0) is 36.2 Å². The standard InChI is InChI=1S/C22H21F3N4O3/c1-14-5-3-4-6-18(14)29-20(22(23,24)25)17(12-28-29)21(31)27-13-19(30)26-11-15-7-9-16(32-2)10-8-15/h3-10,12H,11,13H2,1-2H3,(H,26,30)(H,27,31). The van der Waals surface area contributed by atoms with Gasteiger partial charge >= 0.3 is 6.18 Å². The third-order valence-corrected chi connectivity index (χ3v) is 4.68. The summed E-state index contributed by atoms with van der Waals surface area (Å²) in [6.07, 6.45) is -3.98. The molecule has 1 aromatic heterocycles. The molecule has 0 unspecified atom stereocenters. The van der Waals surface area contributed by atoms with Gasteiger partial charge in [0, 0.05) is 6.54 Å². The van der Waals surface area contributed by atoms with Crippen molar-refractivity contribution < 1.29 is 27.5 Å². The van der Waals surface area contributed by atoms with Crippen LogP contribution in [0.4, 0.5) is 13.2 Å². The molecule has 2 amide bonds. The highest BCUT2D eigenvalue weighted by Crippen LogP contribution is 2.34. The van der Waals surface area contributed by atoms with E-state index in [1.807, 2.05) is 0 Å². The molecule has 0 atom stereocenters. The number of hydrogen-bond acceptors (Lipinski definition) is 4. The Balaban J connectivity index is 1.68. The molecule has 2 N–H and O–H groups in total. The minimum Gasteiger partial charge on any atom is -0.497 e. The van der Waals surface area contributed by atoms with Crippen molar-refractivity contribution in [2.75, 3.05) is 13.7 Å². The lowest BCUT2D eigenvalue weighted by Gasteiger charge is -2.14. The monoisotopic (exact) mass is 446 g/mol. The highest BCUT2D eigenvalue weighted by Gasteiger charge is 2.40. The van der Waals surface area contributed by atoms with Crippen LogP contribution in [-0.4, -0.2) is 35.2 Å². The fourth-order valence-corrected chi connectivity index (χ4v) is 3.03. The van der Waals surface area contributed by atoms with Gasteiger partial charge in [0.1, 0.15) is 5.75 Å². The van der Waals surface area contributed by atoms with E-state index in [0.717, 1.165) is 11.8 Å². The quantitative estimate of drug-likeness (QED) is 0.584. The number of aryl methyl sites for hydroxylation is 1. The van der Waals surface area contributed by atoms with Gasteiger partial charge in [0.15, 0.2) is 5.69 Å². The summed E-state index contributed by atoms with van der Waals surface area (Å²) < 4.78 is 47.0. The molecule has 10 heteroatoms. The zero-order chi connectivity index (χ0) is 23.3. The molecule has 0 aliphatic rings. The first kappa shape index (κ1) is 22.9. The van der Waals surface area contributed by atoms with Crippen LogP contribution in [0.25, 0.3) is 5.69 Å². The van der Waals surface area contributed by atoms with Crippen LogP contribution >= 0.6 is 0 Å². The molecule has 32 heavy (non-hydrogen) atoms. The van der Waals surface area contributed by atoms with Gasteiger partial charge in [0.2, 0.25) is 5.91 Å². The Morgan fingerprint density at radius 2 is 1.75 bits per heavy atom. The number of carbonyl (C=O) groups excluding carboxylic acids is 2. The maximum Gasteiger partial charge on any atom is 0.434 e. The van der Waals surface area contributed by atoms with Crippen molar-refractivity contribution in [1.82, 2.24) is 20.4 Å². The number of aromatic nitrogens is 2. The van der Waals surface area contributed by atoms with E-state index in [9.17, 15) is 22.8 Å². The van der Waals surface area contributed by atoms with Gasteiger partial charge in [0.25, 0.3) is 5.91 Å². The van der Waals surface area contributed by atoms with Crippen molar-refractivity contribution in [3.05, 3.63) is 77.1 Å². The molecule has 0 aliphatic heterocycles. The summed E-state index contributed by atoms with van der Waals surface area (Å²) in [7, 11) is 1.54. The van der Waals surface area contributed by atoms with Crippen molar-refractivity contribution >= 4 is 11.8 Å². The highest BCUT2D eigenvalue weighted by atomic mass is 19.4. The Labute approximate surface area is 182 Å². The largest absolute Gasteiger partial charge is 0.497 e.